The van der Waals surface area contributed by atoms with Gasteiger partial charge in [0.05, 0.1) is 16.3 Å². The zero-order valence-electron chi connectivity index (χ0n) is 16.0. The molecule has 1 aliphatic heterocycles. The number of ether oxygens (including phenoxy) is 1. The maximum Gasteiger partial charge on any atom is 0.273 e. The van der Waals surface area contributed by atoms with Crippen LogP contribution in [0.5, 0.6) is 0 Å². The molecule has 1 aliphatic rings. The lowest BCUT2D eigenvalue weighted by Gasteiger charge is -2.10. The number of para-hydroxylation sites is 1. The first-order valence-corrected chi connectivity index (χ1v) is 11.2. The summed E-state index contributed by atoms with van der Waals surface area (Å²) in [4.78, 5) is 26.9. The highest BCUT2D eigenvalue weighted by Gasteiger charge is 2.20. The van der Waals surface area contributed by atoms with E-state index in [1.54, 1.807) is 18.2 Å². The number of nitrogens with one attached hydrogen (secondary N) is 1. The molecule has 0 aliphatic carbocycles. The number of rotatable bonds is 5. The zero-order chi connectivity index (χ0) is 20.9. The summed E-state index contributed by atoms with van der Waals surface area (Å²) in [6.07, 6.45) is 3.61. The Bertz CT molecular complexity index is 1250. The topological polar surface area (TPSA) is 84.1 Å². The van der Waals surface area contributed by atoms with Crippen LogP contribution in [0.25, 0.3) is 17.3 Å². The van der Waals surface area contributed by atoms with Crippen molar-refractivity contribution in [1.82, 2.24) is 9.88 Å². The summed E-state index contributed by atoms with van der Waals surface area (Å²) in [6.45, 7) is 1.04. The van der Waals surface area contributed by atoms with Gasteiger partial charge in [0, 0.05) is 18.0 Å². The first-order chi connectivity index (χ1) is 14.7. The van der Waals surface area contributed by atoms with E-state index >= 15 is 0 Å². The molecule has 30 heavy (non-hydrogen) atoms. The van der Waals surface area contributed by atoms with Crippen molar-refractivity contribution in [3.05, 3.63) is 72.3 Å². The van der Waals surface area contributed by atoms with Crippen molar-refractivity contribution < 1.29 is 9.53 Å². The third kappa shape index (κ3) is 4.28. The Hall–Kier alpha value is -2.99. The normalized spacial score (nSPS) is 17.6. The third-order valence-electron chi connectivity index (χ3n) is 4.72. The van der Waals surface area contributed by atoms with Gasteiger partial charge in [0.2, 0.25) is 0 Å². The largest absolute Gasteiger partial charge is 0.376 e. The number of hydrogen-bond donors (Lipinski definition) is 1. The van der Waals surface area contributed by atoms with Crippen molar-refractivity contribution in [3.8, 4) is 11.8 Å². The second-order valence-corrected chi connectivity index (χ2v) is 8.75. The van der Waals surface area contributed by atoms with Gasteiger partial charge in [-0.15, -0.1) is 22.7 Å². The van der Waals surface area contributed by atoms with Crippen molar-refractivity contribution in [1.29, 1.82) is 5.26 Å². The maximum absolute atomic E-state index is 13.2. The molecule has 0 saturated carbocycles. The Labute approximate surface area is 181 Å². The van der Waals surface area contributed by atoms with E-state index < -0.39 is 5.91 Å². The third-order valence-corrected chi connectivity index (χ3v) is 6.63. The summed E-state index contributed by atoms with van der Waals surface area (Å²) in [6, 6.07) is 14.9. The number of amides is 1. The van der Waals surface area contributed by atoms with Gasteiger partial charge in [-0.05, 0) is 42.5 Å². The summed E-state index contributed by atoms with van der Waals surface area (Å²) in [5, 5.41) is 14.5. The summed E-state index contributed by atoms with van der Waals surface area (Å²) in [7, 11) is 0. The van der Waals surface area contributed by atoms with Gasteiger partial charge in [-0.3, -0.25) is 14.2 Å². The number of nitrogens with zero attached hydrogens (tertiary/aromatic N) is 2. The highest BCUT2D eigenvalue weighted by molar-refractivity contribution is 7.11. The Morgan fingerprint density at radius 1 is 1.30 bits per heavy atom. The quantitative estimate of drug-likeness (QED) is 0.659. The standard InChI is InChI=1S/C22H19N3O3S2/c23-13-18(20(26)24-14-16-8-4-10-28-16)22-25(15-6-2-1-3-7-15)21(27)19(30-22)12-17-9-5-11-29-17/h1-3,5-7,9,11-12,16H,4,8,10,14H2,(H,24,26)/b19-12-,22-18+/t16-/m1/s1. The van der Waals surface area contributed by atoms with Crippen LogP contribution in [0.3, 0.4) is 0 Å². The van der Waals surface area contributed by atoms with E-state index in [4.69, 9.17) is 4.74 Å². The minimum Gasteiger partial charge on any atom is -0.376 e. The zero-order valence-corrected chi connectivity index (χ0v) is 17.7. The fraction of sp³-hybridized carbons (Fsp3) is 0.227. The number of carbonyl (C=O) groups excluding carboxylic acids is 1. The molecular formula is C22H19N3O3S2. The van der Waals surface area contributed by atoms with Crippen LogP contribution in [0.2, 0.25) is 0 Å². The van der Waals surface area contributed by atoms with E-state index in [9.17, 15) is 14.9 Å². The summed E-state index contributed by atoms with van der Waals surface area (Å²) >= 11 is 2.67. The highest BCUT2D eigenvalue weighted by atomic mass is 32.1. The van der Waals surface area contributed by atoms with Crippen LogP contribution in [0, 0.1) is 11.3 Å². The first-order valence-electron chi connectivity index (χ1n) is 9.54. The van der Waals surface area contributed by atoms with Gasteiger partial charge < -0.3 is 10.1 Å². The van der Waals surface area contributed by atoms with Crippen LogP contribution in [0.1, 0.15) is 17.7 Å². The van der Waals surface area contributed by atoms with Gasteiger partial charge >= 0.3 is 0 Å². The molecular weight excluding hydrogens is 418 g/mol. The number of aromatic nitrogens is 1. The van der Waals surface area contributed by atoms with E-state index in [-0.39, 0.29) is 17.2 Å². The lowest BCUT2D eigenvalue weighted by Crippen LogP contribution is -2.36. The summed E-state index contributed by atoms with van der Waals surface area (Å²) in [5.74, 6) is -0.499. The molecule has 0 bridgehead atoms. The number of carbonyl (C=O) groups is 1. The minimum atomic E-state index is -0.499. The summed E-state index contributed by atoms with van der Waals surface area (Å²) < 4.78 is 7.76. The molecule has 0 unspecified atom stereocenters. The molecule has 152 valence electrons. The Kier molecular flexibility index (Phi) is 6.23. The van der Waals surface area contributed by atoms with Crippen molar-refractivity contribution in [3.63, 3.8) is 0 Å². The molecule has 1 N–H and O–H groups in total. The number of hydrogen-bond acceptors (Lipinski definition) is 6. The Morgan fingerprint density at radius 3 is 2.80 bits per heavy atom. The molecule has 1 saturated heterocycles. The molecule has 1 aromatic carbocycles. The Morgan fingerprint density at radius 2 is 2.13 bits per heavy atom. The molecule has 4 rings (SSSR count). The van der Waals surface area contributed by atoms with Crippen LogP contribution in [-0.2, 0) is 9.53 Å². The SMILES string of the molecule is N#C/C(C(=O)NC[C@H]1CCCO1)=c1\s/c(=C\c2cccs2)c(=O)n1-c1ccccc1. The number of nitriles is 1. The van der Waals surface area contributed by atoms with Crippen LogP contribution in [-0.4, -0.2) is 29.7 Å². The number of benzene rings is 1. The second-order valence-electron chi connectivity index (χ2n) is 6.74. The predicted molar refractivity (Wildman–Crippen MR) is 118 cm³/mol. The molecule has 0 radical (unpaired) electrons. The van der Waals surface area contributed by atoms with Crippen molar-refractivity contribution in [2.45, 2.75) is 18.9 Å². The van der Waals surface area contributed by atoms with E-state index in [1.807, 2.05) is 41.8 Å². The van der Waals surface area contributed by atoms with Gasteiger partial charge in [-0.1, -0.05) is 24.3 Å². The van der Waals surface area contributed by atoms with Crippen molar-refractivity contribution in [2.24, 2.45) is 0 Å². The van der Waals surface area contributed by atoms with Crippen LogP contribution >= 0.6 is 22.7 Å². The monoisotopic (exact) mass is 437 g/mol. The molecule has 6 nitrogen and oxygen atoms in total. The van der Waals surface area contributed by atoms with Crippen LogP contribution in [0.4, 0.5) is 0 Å². The van der Waals surface area contributed by atoms with Gasteiger partial charge in [0.1, 0.15) is 10.7 Å². The molecule has 1 atom stereocenters. The van der Waals surface area contributed by atoms with Gasteiger partial charge in [0.25, 0.3) is 11.5 Å². The predicted octanol–water partition coefficient (Wildman–Crippen LogP) is 1.76. The smallest absolute Gasteiger partial charge is 0.273 e. The Balaban J connectivity index is 1.85. The van der Waals surface area contributed by atoms with E-state index in [2.05, 4.69) is 5.32 Å². The molecule has 3 heterocycles. The van der Waals surface area contributed by atoms with Crippen LogP contribution < -0.4 is 20.1 Å². The number of thiophene rings is 1. The molecule has 8 heteroatoms. The molecule has 2 aromatic heterocycles. The lowest BCUT2D eigenvalue weighted by molar-refractivity contribution is -0.116. The molecule has 3 aromatic rings. The average molecular weight is 438 g/mol. The number of thiazole rings is 1. The molecule has 1 amide bonds. The van der Waals surface area contributed by atoms with Gasteiger partial charge in [-0.25, -0.2) is 0 Å². The highest BCUT2D eigenvalue weighted by Crippen LogP contribution is 2.11. The van der Waals surface area contributed by atoms with E-state index in [0.717, 1.165) is 29.1 Å². The van der Waals surface area contributed by atoms with Crippen molar-refractivity contribution >= 4 is 40.2 Å². The van der Waals surface area contributed by atoms with Crippen molar-refractivity contribution in [2.75, 3.05) is 13.2 Å². The minimum absolute atomic E-state index is 0.0312. The first kappa shape index (κ1) is 20.3. The van der Waals surface area contributed by atoms with Gasteiger partial charge in [0.15, 0.2) is 5.57 Å². The van der Waals surface area contributed by atoms with E-state index in [0.29, 0.717) is 28.0 Å². The maximum atomic E-state index is 13.2. The fourth-order valence-electron chi connectivity index (χ4n) is 3.26. The summed E-state index contributed by atoms with van der Waals surface area (Å²) in [5.41, 5.74) is 0.276. The lowest BCUT2D eigenvalue weighted by atomic mass is 10.2. The molecule has 0 spiro atoms. The fourth-order valence-corrected chi connectivity index (χ4v) is 5.08. The van der Waals surface area contributed by atoms with E-state index in [1.165, 1.54) is 15.9 Å². The van der Waals surface area contributed by atoms with Crippen LogP contribution in [0.15, 0.2) is 52.6 Å². The molecule has 1 fully saturated rings. The van der Waals surface area contributed by atoms with Gasteiger partial charge in [-0.2, -0.15) is 5.26 Å². The second kappa shape index (κ2) is 9.22. The average Bonchev–Trinajstić information content (AvgIpc) is 3.51.